The maximum Gasteiger partial charge on any atom is 0.121 e. The van der Waals surface area contributed by atoms with E-state index in [0.29, 0.717) is 5.56 Å². The van der Waals surface area contributed by atoms with E-state index < -0.39 is 0 Å². The summed E-state index contributed by atoms with van der Waals surface area (Å²) >= 11 is 0. The van der Waals surface area contributed by atoms with E-state index in [1.54, 1.807) is 19.2 Å². The van der Waals surface area contributed by atoms with E-state index in [9.17, 15) is 0 Å². The fourth-order valence-corrected chi connectivity index (χ4v) is 1.78. The summed E-state index contributed by atoms with van der Waals surface area (Å²) in [7, 11) is 1.63. The third kappa shape index (κ3) is 3.94. The van der Waals surface area contributed by atoms with Crippen LogP contribution in [0.4, 0.5) is 5.69 Å². The molecule has 1 aromatic rings. The summed E-state index contributed by atoms with van der Waals surface area (Å²) in [5.74, 6) is 0.763. The van der Waals surface area contributed by atoms with Crippen LogP contribution in [0.3, 0.4) is 0 Å². The Morgan fingerprint density at radius 2 is 2.06 bits per heavy atom. The molecular formula is C14H21N3O. The van der Waals surface area contributed by atoms with Crippen molar-refractivity contribution < 1.29 is 4.74 Å². The fraction of sp³-hybridized carbons (Fsp3) is 0.500. The van der Waals surface area contributed by atoms with Gasteiger partial charge in [-0.1, -0.05) is 13.8 Å². The first-order valence-electron chi connectivity index (χ1n) is 6.29. The van der Waals surface area contributed by atoms with Crippen LogP contribution in [-0.4, -0.2) is 38.2 Å². The highest BCUT2D eigenvalue weighted by molar-refractivity contribution is 5.60. The van der Waals surface area contributed by atoms with Gasteiger partial charge >= 0.3 is 0 Å². The number of rotatable bonds is 7. The Kier molecular flexibility index (Phi) is 6.03. The minimum atomic E-state index is 0.648. The molecule has 0 radical (unpaired) electrons. The van der Waals surface area contributed by atoms with Crippen molar-refractivity contribution in [1.29, 1.82) is 5.26 Å². The van der Waals surface area contributed by atoms with Gasteiger partial charge in [0.05, 0.1) is 18.4 Å². The van der Waals surface area contributed by atoms with Crippen LogP contribution in [0.1, 0.15) is 19.4 Å². The number of nitriles is 1. The zero-order chi connectivity index (χ0) is 13.4. The first kappa shape index (κ1) is 14.3. The Labute approximate surface area is 109 Å². The van der Waals surface area contributed by atoms with Crippen LogP contribution in [0.25, 0.3) is 0 Å². The van der Waals surface area contributed by atoms with Crippen LogP contribution in [-0.2, 0) is 0 Å². The monoisotopic (exact) mass is 247 g/mol. The molecule has 0 aliphatic rings. The van der Waals surface area contributed by atoms with Crippen molar-refractivity contribution in [2.24, 2.45) is 0 Å². The summed E-state index contributed by atoms with van der Waals surface area (Å²) in [6.45, 7) is 8.17. The average molecular weight is 247 g/mol. The SMILES string of the molecule is CCN(CC)CCNc1cc(OC)ccc1C#N. The van der Waals surface area contributed by atoms with E-state index in [-0.39, 0.29) is 0 Å². The topological polar surface area (TPSA) is 48.3 Å². The highest BCUT2D eigenvalue weighted by Crippen LogP contribution is 2.21. The predicted molar refractivity (Wildman–Crippen MR) is 74.0 cm³/mol. The maximum absolute atomic E-state index is 9.04. The molecule has 4 nitrogen and oxygen atoms in total. The number of benzene rings is 1. The van der Waals surface area contributed by atoms with Gasteiger partial charge in [0.1, 0.15) is 11.8 Å². The zero-order valence-corrected chi connectivity index (χ0v) is 11.4. The second-order valence-electron chi connectivity index (χ2n) is 3.98. The second-order valence-corrected chi connectivity index (χ2v) is 3.98. The summed E-state index contributed by atoms with van der Waals surface area (Å²) < 4.78 is 5.16. The number of hydrogen-bond acceptors (Lipinski definition) is 4. The van der Waals surface area contributed by atoms with Crippen molar-refractivity contribution in [3.05, 3.63) is 23.8 Å². The maximum atomic E-state index is 9.04. The van der Waals surface area contributed by atoms with Crippen molar-refractivity contribution in [3.8, 4) is 11.8 Å². The van der Waals surface area contributed by atoms with Crippen molar-refractivity contribution in [1.82, 2.24) is 4.90 Å². The molecule has 0 aromatic heterocycles. The number of nitrogens with one attached hydrogen (secondary N) is 1. The molecule has 0 atom stereocenters. The number of likely N-dealkylation sites (N-methyl/N-ethyl adjacent to an activating group) is 1. The van der Waals surface area contributed by atoms with Crippen LogP contribution in [0.5, 0.6) is 5.75 Å². The third-order valence-electron chi connectivity index (χ3n) is 2.99. The zero-order valence-electron chi connectivity index (χ0n) is 11.4. The van der Waals surface area contributed by atoms with E-state index in [1.165, 1.54) is 0 Å². The van der Waals surface area contributed by atoms with Gasteiger partial charge < -0.3 is 15.0 Å². The summed E-state index contributed by atoms with van der Waals surface area (Å²) in [6.07, 6.45) is 0. The molecular weight excluding hydrogens is 226 g/mol. The molecule has 0 fully saturated rings. The first-order valence-corrected chi connectivity index (χ1v) is 6.29. The summed E-state index contributed by atoms with van der Waals surface area (Å²) in [4.78, 5) is 2.33. The Hall–Kier alpha value is -1.73. The van der Waals surface area contributed by atoms with Gasteiger partial charge in [0.25, 0.3) is 0 Å². The van der Waals surface area contributed by atoms with Crippen molar-refractivity contribution in [2.75, 3.05) is 38.6 Å². The lowest BCUT2D eigenvalue weighted by Gasteiger charge is -2.18. The lowest BCUT2D eigenvalue weighted by molar-refractivity contribution is 0.316. The van der Waals surface area contributed by atoms with Gasteiger partial charge in [0.15, 0.2) is 0 Å². The lowest BCUT2D eigenvalue weighted by atomic mass is 10.2. The van der Waals surface area contributed by atoms with E-state index in [1.807, 2.05) is 6.07 Å². The van der Waals surface area contributed by atoms with Gasteiger partial charge in [-0.3, -0.25) is 0 Å². The second kappa shape index (κ2) is 7.57. The molecule has 0 aliphatic heterocycles. The van der Waals surface area contributed by atoms with Gasteiger partial charge in [0, 0.05) is 19.2 Å². The highest BCUT2D eigenvalue weighted by Gasteiger charge is 2.04. The molecule has 0 saturated heterocycles. The van der Waals surface area contributed by atoms with Crippen LogP contribution in [0.2, 0.25) is 0 Å². The number of methoxy groups -OCH3 is 1. The molecule has 0 aliphatic carbocycles. The fourth-order valence-electron chi connectivity index (χ4n) is 1.78. The Balaban J connectivity index is 2.63. The molecule has 0 heterocycles. The number of ether oxygens (including phenoxy) is 1. The van der Waals surface area contributed by atoms with Gasteiger partial charge in [-0.25, -0.2) is 0 Å². The smallest absolute Gasteiger partial charge is 0.121 e. The van der Waals surface area contributed by atoms with E-state index in [2.05, 4.69) is 30.1 Å². The minimum absolute atomic E-state index is 0.648. The first-order chi connectivity index (χ1) is 8.74. The van der Waals surface area contributed by atoms with Crippen LogP contribution >= 0.6 is 0 Å². The number of nitrogens with zero attached hydrogens (tertiary/aromatic N) is 2. The molecule has 1 rings (SSSR count). The lowest BCUT2D eigenvalue weighted by Crippen LogP contribution is -2.28. The molecule has 0 saturated carbocycles. The van der Waals surface area contributed by atoms with Gasteiger partial charge in [-0.05, 0) is 25.2 Å². The van der Waals surface area contributed by atoms with Crippen LogP contribution in [0, 0.1) is 11.3 Å². The molecule has 98 valence electrons. The Bertz CT molecular complexity index is 408. The summed E-state index contributed by atoms with van der Waals surface area (Å²) in [5.41, 5.74) is 1.49. The Morgan fingerprint density at radius 3 is 2.61 bits per heavy atom. The van der Waals surface area contributed by atoms with Crippen molar-refractivity contribution in [3.63, 3.8) is 0 Å². The Morgan fingerprint density at radius 1 is 1.33 bits per heavy atom. The van der Waals surface area contributed by atoms with Gasteiger partial charge in [-0.2, -0.15) is 5.26 Å². The molecule has 0 amide bonds. The minimum Gasteiger partial charge on any atom is -0.497 e. The standard InChI is InChI=1S/C14H21N3O/c1-4-17(5-2)9-8-16-14-10-13(18-3)7-6-12(14)11-15/h6-7,10,16H,4-5,8-9H2,1-3H3. The van der Waals surface area contributed by atoms with Crippen LogP contribution < -0.4 is 10.1 Å². The predicted octanol–water partition coefficient (Wildman–Crippen LogP) is 2.32. The number of anilines is 1. The van der Waals surface area contributed by atoms with Gasteiger partial charge in [-0.15, -0.1) is 0 Å². The van der Waals surface area contributed by atoms with Gasteiger partial charge in [0.2, 0.25) is 0 Å². The molecule has 0 unspecified atom stereocenters. The van der Waals surface area contributed by atoms with Crippen LogP contribution in [0.15, 0.2) is 18.2 Å². The molecule has 18 heavy (non-hydrogen) atoms. The van der Waals surface area contributed by atoms with E-state index in [0.717, 1.165) is 37.6 Å². The molecule has 4 heteroatoms. The molecule has 1 aromatic carbocycles. The quantitative estimate of drug-likeness (QED) is 0.803. The summed E-state index contributed by atoms with van der Waals surface area (Å²) in [5, 5.41) is 12.3. The van der Waals surface area contributed by atoms with E-state index in [4.69, 9.17) is 10.00 Å². The molecule has 1 N–H and O–H groups in total. The normalized spacial score (nSPS) is 10.2. The largest absolute Gasteiger partial charge is 0.497 e. The average Bonchev–Trinajstić information content (AvgIpc) is 2.43. The van der Waals surface area contributed by atoms with E-state index >= 15 is 0 Å². The van der Waals surface area contributed by atoms with Crippen molar-refractivity contribution in [2.45, 2.75) is 13.8 Å². The third-order valence-corrected chi connectivity index (χ3v) is 2.99. The molecule has 0 bridgehead atoms. The van der Waals surface area contributed by atoms with Crippen molar-refractivity contribution >= 4 is 5.69 Å². The highest BCUT2D eigenvalue weighted by atomic mass is 16.5. The number of hydrogen-bond donors (Lipinski definition) is 1. The molecule has 0 spiro atoms. The summed E-state index contributed by atoms with van der Waals surface area (Å²) in [6, 6.07) is 7.62.